The number of hydrogen-bond donors (Lipinski definition) is 1. The molecule has 0 aromatic carbocycles. The van der Waals surface area contributed by atoms with Crippen LogP contribution in [0.2, 0.25) is 0 Å². The molecule has 2 fully saturated rings. The monoisotopic (exact) mass is 248 g/mol. The van der Waals surface area contributed by atoms with Gasteiger partial charge in [-0.2, -0.15) is 0 Å². The zero-order chi connectivity index (χ0) is 12.5. The van der Waals surface area contributed by atoms with Gasteiger partial charge in [-0.05, 0) is 51.2 Å². The second-order valence-electron chi connectivity index (χ2n) is 5.67. The first-order chi connectivity index (χ1) is 8.85. The normalized spacial score (nSPS) is 29.7. The summed E-state index contributed by atoms with van der Waals surface area (Å²) in [6.07, 6.45) is 9.25. The summed E-state index contributed by atoms with van der Waals surface area (Å²) in [7, 11) is 0. The highest BCUT2D eigenvalue weighted by Gasteiger charge is 2.35. The van der Waals surface area contributed by atoms with E-state index < -0.39 is 0 Å². The van der Waals surface area contributed by atoms with Crippen molar-refractivity contribution in [3.8, 4) is 0 Å². The van der Waals surface area contributed by atoms with Crippen molar-refractivity contribution in [1.82, 2.24) is 14.5 Å². The van der Waals surface area contributed by atoms with Gasteiger partial charge in [-0.3, -0.25) is 4.90 Å². The summed E-state index contributed by atoms with van der Waals surface area (Å²) in [6.45, 7) is 5.35. The minimum atomic E-state index is 0.483. The molecule has 1 saturated carbocycles. The van der Waals surface area contributed by atoms with Crippen molar-refractivity contribution in [2.24, 2.45) is 11.7 Å². The standard InChI is InChI=1S/C14H24N4/c1-2-17-7-3-4-11(8-15)14(17)13-9-16-10-18(13)12-5-6-12/h9-12,14H,2-8,15H2,1H3. The summed E-state index contributed by atoms with van der Waals surface area (Å²) in [6, 6.07) is 1.19. The van der Waals surface area contributed by atoms with Crippen molar-refractivity contribution in [2.45, 2.75) is 44.7 Å². The highest BCUT2D eigenvalue weighted by molar-refractivity contribution is 5.12. The molecule has 1 aliphatic heterocycles. The van der Waals surface area contributed by atoms with Gasteiger partial charge in [0.15, 0.2) is 0 Å². The largest absolute Gasteiger partial charge is 0.330 e. The Kier molecular flexibility index (Phi) is 3.39. The highest BCUT2D eigenvalue weighted by atomic mass is 15.2. The molecule has 4 nitrogen and oxygen atoms in total. The Hall–Kier alpha value is -0.870. The molecule has 0 spiro atoms. The van der Waals surface area contributed by atoms with Gasteiger partial charge < -0.3 is 10.3 Å². The van der Waals surface area contributed by atoms with Crippen LogP contribution in [0.4, 0.5) is 0 Å². The van der Waals surface area contributed by atoms with Gasteiger partial charge >= 0.3 is 0 Å². The number of likely N-dealkylation sites (tertiary alicyclic amines) is 1. The molecule has 4 heteroatoms. The van der Waals surface area contributed by atoms with E-state index in [-0.39, 0.29) is 0 Å². The van der Waals surface area contributed by atoms with Gasteiger partial charge in [0.05, 0.1) is 18.1 Å². The fourth-order valence-electron chi connectivity index (χ4n) is 3.38. The molecule has 0 radical (unpaired) electrons. The number of rotatable bonds is 4. The summed E-state index contributed by atoms with van der Waals surface area (Å²) >= 11 is 0. The molecule has 100 valence electrons. The maximum atomic E-state index is 6.00. The fourth-order valence-corrected chi connectivity index (χ4v) is 3.38. The van der Waals surface area contributed by atoms with Crippen molar-refractivity contribution in [3.05, 3.63) is 18.2 Å². The summed E-state index contributed by atoms with van der Waals surface area (Å²) in [5, 5.41) is 0. The quantitative estimate of drug-likeness (QED) is 0.886. The minimum absolute atomic E-state index is 0.483. The van der Waals surface area contributed by atoms with Crippen LogP contribution in [0, 0.1) is 5.92 Å². The SMILES string of the molecule is CCN1CCCC(CN)C1c1cncn1C1CC1. The number of aromatic nitrogens is 2. The van der Waals surface area contributed by atoms with Crippen molar-refractivity contribution < 1.29 is 0 Å². The summed E-state index contributed by atoms with van der Waals surface area (Å²) in [5.74, 6) is 0.591. The van der Waals surface area contributed by atoms with Crippen LogP contribution < -0.4 is 5.73 Å². The Labute approximate surface area is 109 Å². The van der Waals surface area contributed by atoms with Gasteiger partial charge in [0.25, 0.3) is 0 Å². The first-order valence-electron chi connectivity index (χ1n) is 7.31. The predicted octanol–water partition coefficient (Wildman–Crippen LogP) is 1.95. The van der Waals surface area contributed by atoms with Crippen LogP contribution in [0.3, 0.4) is 0 Å². The topological polar surface area (TPSA) is 47.1 Å². The maximum Gasteiger partial charge on any atom is 0.0951 e. The van der Waals surface area contributed by atoms with Gasteiger partial charge in [0, 0.05) is 12.2 Å². The van der Waals surface area contributed by atoms with Crippen LogP contribution in [0.5, 0.6) is 0 Å². The Balaban J connectivity index is 1.91. The van der Waals surface area contributed by atoms with E-state index in [1.54, 1.807) is 0 Å². The van der Waals surface area contributed by atoms with E-state index in [4.69, 9.17) is 5.73 Å². The van der Waals surface area contributed by atoms with E-state index in [9.17, 15) is 0 Å². The number of piperidine rings is 1. The molecule has 1 aromatic rings. The number of hydrogen-bond acceptors (Lipinski definition) is 3. The summed E-state index contributed by atoms with van der Waals surface area (Å²) < 4.78 is 2.40. The minimum Gasteiger partial charge on any atom is -0.330 e. The van der Waals surface area contributed by atoms with Crippen LogP contribution >= 0.6 is 0 Å². The average Bonchev–Trinajstić information content (AvgIpc) is 3.15. The van der Waals surface area contributed by atoms with Gasteiger partial charge in [-0.25, -0.2) is 4.98 Å². The second-order valence-corrected chi connectivity index (χ2v) is 5.67. The maximum absolute atomic E-state index is 6.00. The Bertz CT molecular complexity index is 384. The average molecular weight is 248 g/mol. The Morgan fingerprint density at radius 1 is 1.39 bits per heavy atom. The molecule has 2 aliphatic rings. The molecule has 2 heterocycles. The predicted molar refractivity (Wildman–Crippen MR) is 72.3 cm³/mol. The van der Waals surface area contributed by atoms with E-state index in [2.05, 4.69) is 27.6 Å². The number of imidazole rings is 1. The lowest BCUT2D eigenvalue weighted by Gasteiger charge is -2.40. The highest BCUT2D eigenvalue weighted by Crippen LogP contribution is 2.41. The van der Waals surface area contributed by atoms with E-state index in [0.29, 0.717) is 18.0 Å². The third-order valence-corrected chi connectivity index (χ3v) is 4.51. The molecule has 1 aliphatic carbocycles. The van der Waals surface area contributed by atoms with Gasteiger partial charge in [0.2, 0.25) is 0 Å². The van der Waals surface area contributed by atoms with E-state index in [1.807, 2.05) is 6.33 Å². The zero-order valence-corrected chi connectivity index (χ0v) is 11.3. The Morgan fingerprint density at radius 2 is 2.22 bits per heavy atom. The van der Waals surface area contributed by atoms with E-state index >= 15 is 0 Å². The van der Waals surface area contributed by atoms with Crippen LogP contribution in [-0.2, 0) is 0 Å². The third kappa shape index (κ3) is 2.08. The van der Waals surface area contributed by atoms with Crippen LogP contribution in [-0.4, -0.2) is 34.1 Å². The fraction of sp³-hybridized carbons (Fsp3) is 0.786. The zero-order valence-electron chi connectivity index (χ0n) is 11.3. The lowest BCUT2D eigenvalue weighted by molar-refractivity contribution is 0.0959. The van der Waals surface area contributed by atoms with Crippen molar-refractivity contribution in [2.75, 3.05) is 19.6 Å². The van der Waals surface area contributed by atoms with E-state index in [1.165, 1.54) is 37.9 Å². The third-order valence-electron chi connectivity index (χ3n) is 4.51. The van der Waals surface area contributed by atoms with Crippen LogP contribution in [0.1, 0.15) is 50.4 Å². The molecule has 3 rings (SSSR count). The lowest BCUT2D eigenvalue weighted by atomic mass is 9.87. The molecular formula is C14H24N4. The van der Waals surface area contributed by atoms with Crippen molar-refractivity contribution >= 4 is 0 Å². The van der Waals surface area contributed by atoms with Gasteiger partial charge in [-0.1, -0.05) is 6.92 Å². The molecule has 18 heavy (non-hydrogen) atoms. The molecule has 0 bridgehead atoms. The number of nitrogens with zero attached hydrogens (tertiary/aromatic N) is 3. The summed E-state index contributed by atoms with van der Waals surface area (Å²) in [4.78, 5) is 6.97. The Morgan fingerprint density at radius 3 is 2.89 bits per heavy atom. The second kappa shape index (κ2) is 5.02. The molecule has 1 saturated heterocycles. The van der Waals surface area contributed by atoms with Gasteiger partial charge in [0.1, 0.15) is 0 Å². The molecule has 2 unspecified atom stereocenters. The molecule has 2 N–H and O–H groups in total. The van der Waals surface area contributed by atoms with Crippen LogP contribution in [0.15, 0.2) is 12.5 Å². The molecule has 0 amide bonds. The van der Waals surface area contributed by atoms with Crippen LogP contribution in [0.25, 0.3) is 0 Å². The van der Waals surface area contributed by atoms with Crippen molar-refractivity contribution in [3.63, 3.8) is 0 Å². The lowest BCUT2D eigenvalue weighted by Crippen LogP contribution is -2.42. The smallest absolute Gasteiger partial charge is 0.0951 e. The summed E-state index contributed by atoms with van der Waals surface area (Å²) in [5.41, 5.74) is 7.40. The van der Waals surface area contributed by atoms with Gasteiger partial charge in [-0.15, -0.1) is 0 Å². The molecular weight excluding hydrogens is 224 g/mol. The number of nitrogens with two attached hydrogens (primary N) is 1. The molecule has 1 aromatic heterocycles. The molecule has 2 atom stereocenters. The van der Waals surface area contributed by atoms with E-state index in [0.717, 1.165) is 13.1 Å². The van der Waals surface area contributed by atoms with Crippen molar-refractivity contribution in [1.29, 1.82) is 0 Å². The first-order valence-corrected chi connectivity index (χ1v) is 7.31. The first kappa shape index (κ1) is 12.2.